The molecule has 0 saturated heterocycles. The Hall–Kier alpha value is -1.71. The van der Waals surface area contributed by atoms with Gasteiger partial charge in [0.25, 0.3) is 0 Å². The molecule has 0 N–H and O–H groups in total. The van der Waals surface area contributed by atoms with Crippen LogP contribution in [0.2, 0.25) is 0 Å². The summed E-state index contributed by atoms with van der Waals surface area (Å²) in [5.74, 6) is 0.0139. The van der Waals surface area contributed by atoms with Crippen molar-refractivity contribution in [2.75, 3.05) is 0 Å². The molecule has 2 aromatic rings. The summed E-state index contributed by atoms with van der Waals surface area (Å²) in [7, 11) is 1.87. The van der Waals surface area contributed by atoms with Crippen molar-refractivity contribution >= 4 is 16.9 Å². The van der Waals surface area contributed by atoms with Crippen LogP contribution in [-0.4, -0.2) is 20.3 Å². The van der Waals surface area contributed by atoms with Gasteiger partial charge in [0.2, 0.25) is 0 Å². The first-order valence-electron chi connectivity index (χ1n) is 3.96. The van der Waals surface area contributed by atoms with Crippen molar-refractivity contribution in [1.29, 1.82) is 0 Å². The number of imidazole rings is 1. The number of hydrogen-bond acceptors (Lipinski definition) is 3. The van der Waals surface area contributed by atoms with Gasteiger partial charge in [-0.15, -0.1) is 0 Å². The van der Waals surface area contributed by atoms with E-state index < -0.39 is 0 Å². The fourth-order valence-electron chi connectivity index (χ4n) is 1.21. The van der Waals surface area contributed by atoms with Gasteiger partial charge in [-0.1, -0.05) is 0 Å². The first kappa shape index (κ1) is 7.91. The maximum atomic E-state index is 11.0. The fourth-order valence-corrected chi connectivity index (χ4v) is 1.21. The van der Waals surface area contributed by atoms with Gasteiger partial charge in [0, 0.05) is 18.8 Å². The van der Waals surface area contributed by atoms with E-state index in [1.807, 2.05) is 11.6 Å². The number of hydrogen-bond donors (Lipinski definition) is 0. The van der Waals surface area contributed by atoms with Crippen LogP contribution in [0.4, 0.5) is 0 Å². The van der Waals surface area contributed by atoms with Gasteiger partial charge in [-0.2, -0.15) is 0 Å². The molecule has 2 aromatic heterocycles. The lowest BCUT2D eigenvalue weighted by atomic mass is 10.2. The highest BCUT2D eigenvalue weighted by Crippen LogP contribution is 2.10. The Morgan fingerprint density at radius 1 is 1.46 bits per heavy atom. The van der Waals surface area contributed by atoms with E-state index in [1.54, 1.807) is 18.6 Å². The summed E-state index contributed by atoms with van der Waals surface area (Å²) in [5.41, 5.74) is 2.16. The second-order valence-corrected chi connectivity index (χ2v) is 2.98. The lowest BCUT2D eigenvalue weighted by Crippen LogP contribution is -1.94. The molecule has 0 bridgehead atoms. The van der Waals surface area contributed by atoms with Crippen LogP contribution in [0.3, 0.4) is 0 Å². The third kappa shape index (κ3) is 1.20. The summed E-state index contributed by atoms with van der Waals surface area (Å²) in [6.07, 6.45) is 3.26. The third-order valence-corrected chi connectivity index (χ3v) is 1.96. The predicted octanol–water partition coefficient (Wildman–Crippen LogP) is 1.17. The number of carbonyl (C=O) groups is 1. The number of Topliss-reactive ketones (excluding diaryl/α,β-unsaturated/α-hetero) is 1. The Morgan fingerprint density at radius 2 is 2.23 bits per heavy atom. The van der Waals surface area contributed by atoms with Crippen molar-refractivity contribution in [3.05, 3.63) is 24.2 Å². The monoisotopic (exact) mass is 175 g/mol. The van der Waals surface area contributed by atoms with E-state index >= 15 is 0 Å². The molecular formula is C9H9N3O. The highest BCUT2D eigenvalue weighted by atomic mass is 16.1. The van der Waals surface area contributed by atoms with Gasteiger partial charge in [-0.05, 0) is 13.0 Å². The topological polar surface area (TPSA) is 47.8 Å². The first-order valence-corrected chi connectivity index (χ1v) is 3.96. The smallest absolute Gasteiger partial charge is 0.161 e. The van der Waals surface area contributed by atoms with Crippen molar-refractivity contribution in [3.8, 4) is 0 Å². The van der Waals surface area contributed by atoms with Gasteiger partial charge >= 0.3 is 0 Å². The molecule has 0 aliphatic carbocycles. The largest absolute Gasteiger partial charge is 0.318 e. The first-order chi connectivity index (χ1) is 6.18. The van der Waals surface area contributed by atoms with Gasteiger partial charge in [0.05, 0.1) is 6.33 Å². The van der Waals surface area contributed by atoms with Crippen molar-refractivity contribution in [2.45, 2.75) is 6.92 Å². The molecule has 0 aliphatic heterocycles. The molecule has 0 unspecified atom stereocenters. The standard InChI is InChI=1S/C9H9N3O/c1-6(13)7-3-8-9(10-4-7)12(2)5-11-8/h3-5H,1-2H3. The predicted molar refractivity (Wildman–Crippen MR) is 48.5 cm³/mol. The van der Waals surface area contributed by atoms with Crippen LogP contribution in [-0.2, 0) is 7.05 Å². The molecule has 2 heterocycles. The summed E-state index contributed by atoms with van der Waals surface area (Å²) >= 11 is 0. The average molecular weight is 175 g/mol. The molecule has 0 radical (unpaired) electrons. The summed E-state index contributed by atoms with van der Waals surface area (Å²) in [6, 6.07) is 1.75. The molecule has 0 fully saturated rings. The molecule has 0 aromatic carbocycles. The zero-order chi connectivity index (χ0) is 9.42. The average Bonchev–Trinajstić information content (AvgIpc) is 2.47. The number of ketones is 1. The summed E-state index contributed by atoms with van der Waals surface area (Å²) in [6.45, 7) is 1.52. The Balaban J connectivity index is 2.70. The van der Waals surface area contributed by atoms with Crippen molar-refractivity contribution in [2.24, 2.45) is 7.05 Å². The minimum absolute atomic E-state index is 0.0139. The van der Waals surface area contributed by atoms with Crippen LogP contribution in [0.1, 0.15) is 17.3 Å². The number of rotatable bonds is 1. The molecule has 0 saturated carbocycles. The minimum Gasteiger partial charge on any atom is -0.318 e. The van der Waals surface area contributed by atoms with Crippen LogP contribution in [0.5, 0.6) is 0 Å². The zero-order valence-corrected chi connectivity index (χ0v) is 7.48. The maximum absolute atomic E-state index is 11.0. The lowest BCUT2D eigenvalue weighted by molar-refractivity contribution is 0.101. The van der Waals surface area contributed by atoms with Crippen LogP contribution < -0.4 is 0 Å². The molecular weight excluding hydrogens is 166 g/mol. The molecule has 4 heteroatoms. The lowest BCUT2D eigenvalue weighted by Gasteiger charge is -1.95. The summed E-state index contributed by atoms with van der Waals surface area (Å²) in [4.78, 5) is 19.3. The number of fused-ring (bicyclic) bond motifs is 1. The number of aromatic nitrogens is 3. The molecule has 0 atom stereocenters. The third-order valence-electron chi connectivity index (χ3n) is 1.96. The molecule has 0 aliphatic rings. The van der Waals surface area contributed by atoms with E-state index in [1.165, 1.54) is 6.92 Å². The Bertz CT molecular complexity index is 473. The number of aryl methyl sites for hydroxylation is 1. The normalized spacial score (nSPS) is 10.6. The van der Waals surface area contributed by atoms with E-state index in [2.05, 4.69) is 9.97 Å². The van der Waals surface area contributed by atoms with Gasteiger partial charge in [0.15, 0.2) is 11.4 Å². The maximum Gasteiger partial charge on any atom is 0.161 e. The molecule has 2 rings (SSSR count). The second-order valence-electron chi connectivity index (χ2n) is 2.98. The molecule has 4 nitrogen and oxygen atoms in total. The SMILES string of the molecule is CC(=O)c1cnc2c(c1)ncn2C. The van der Waals surface area contributed by atoms with E-state index in [4.69, 9.17) is 0 Å². The summed E-state index contributed by atoms with van der Waals surface area (Å²) in [5, 5.41) is 0. The summed E-state index contributed by atoms with van der Waals surface area (Å²) < 4.78 is 1.82. The van der Waals surface area contributed by atoms with E-state index in [-0.39, 0.29) is 5.78 Å². The zero-order valence-electron chi connectivity index (χ0n) is 7.48. The van der Waals surface area contributed by atoms with Crippen molar-refractivity contribution < 1.29 is 4.79 Å². The quantitative estimate of drug-likeness (QED) is 0.611. The van der Waals surface area contributed by atoms with Crippen molar-refractivity contribution in [1.82, 2.24) is 14.5 Å². The molecule has 0 amide bonds. The molecule has 0 spiro atoms. The second kappa shape index (κ2) is 2.65. The molecule has 13 heavy (non-hydrogen) atoms. The van der Waals surface area contributed by atoms with Crippen LogP contribution in [0, 0.1) is 0 Å². The van der Waals surface area contributed by atoms with E-state index in [0.717, 1.165) is 11.2 Å². The number of nitrogens with zero attached hydrogens (tertiary/aromatic N) is 3. The van der Waals surface area contributed by atoms with E-state index in [0.29, 0.717) is 5.56 Å². The van der Waals surface area contributed by atoms with Gasteiger partial charge < -0.3 is 4.57 Å². The number of pyridine rings is 1. The molecule has 66 valence electrons. The van der Waals surface area contributed by atoms with Crippen molar-refractivity contribution in [3.63, 3.8) is 0 Å². The van der Waals surface area contributed by atoms with E-state index in [9.17, 15) is 4.79 Å². The minimum atomic E-state index is 0.0139. The Labute approximate surface area is 75.2 Å². The van der Waals surface area contributed by atoms with Crippen LogP contribution in [0.25, 0.3) is 11.2 Å². The van der Waals surface area contributed by atoms with Crippen LogP contribution in [0.15, 0.2) is 18.6 Å². The van der Waals surface area contributed by atoms with Gasteiger partial charge in [-0.3, -0.25) is 4.79 Å². The Kier molecular flexibility index (Phi) is 1.62. The highest BCUT2D eigenvalue weighted by Gasteiger charge is 2.04. The van der Waals surface area contributed by atoms with Gasteiger partial charge in [-0.25, -0.2) is 9.97 Å². The Morgan fingerprint density at radius 3 is 2.92 bits per heavy atom. The van der Waals surface area contributed by atoms with Crippen LogP contribution >= 0.6 is 0 Å². The fraction of sp³-hybridized carbons (Fsp3) is 0.222. The highest BCUT2D eigenvalue weighted by molar-refractivity contribution is 5.96. The number of carbonyl (C=O) groups excluding carboxylic acids is 1. The van der Waals surface area contributed by atoms with Gasteiger partial charge in [0.1, 0.15) is 5.52 Å².